The lowest BCUT2D eigenvalue weighted by molar-refractivity contribution is 0.662. The summed E-state index contributed by atoms with van der Waals surface area (Å²) in [4.78, 5) is 7.87. The number of nitrogens with zero attached hydrogens (tertiary/aromatic N) is 2. The molecule has 0 saturated carbocycles. The van der Waals surface area contributed by atoms with E-state index in [9.17, 15) is 0 Å². The van der Waals surface area contributed by atoms with Crippen LogP contribution in [0.1, 0.15) is 23.4 Å². The minimum absolute atomic E-state index is 0.350. The first-order chi connectivity index (χ1) is 8.61. The number of anilines is 2. The Morgan fingerprint density at radius 2 is 1.94 bits per heavy atom. The molecular formula is C14H19N3S. The summed E-state index contributed by atoms with van der Waals surface area (Å²) < 4.78 is 0. The second-order valence-corrected chi connectivity index (χ2v) is 5.49. The van der Waals surface area contributed by atoms with E-state index in [1.807, 2.05) is 13.2 Å². The molecule has 0 saturated heterocycles. The molecule has 1 atom stereocenters. The Labute approximate surface area is 112 Å². The summed E-state index contributed by atoms with van der Waals surface area (Å²) in [5.74, 6) is 0. The third kappa shape index (κ3) is 2.71. The van der Waals surface area contributed by atoms with Crippen LogP contribution >= 0.6 is 11.3 Å². The van der Waals surface area contributed by atoms with Gasteiger partial charge in [-0.2, -0.15) is 0 Å². The van der Waals surface area contributed by atoms with Gasteiger partial charge in [0.2, 0.25) is 0 Å². The summed E-state index contributed by atoms with van der Waals surface area (Å²) in [6.07, 6.45) is 1.95. The molecule has 0 aliphatic rings. The molecule has 0 radical (unpaired) electrons. The van der Waals surface area contributed by atoms with Crippen LogP contribution in [-0.2, 0) is 0 Å². The largest absolute Gasteiger partial charge is 0.321 e. The van der Waals surface area contributed by atoms with Gasteiger partial charge in [0.1, 0.15) is 0 Å². The average molecular weight is 261 g/mol. The van der Waals surface area contributed by atoms with Gasteiger partial charge in [0.05, 0.1) is 0 Å². The van der Waals surface area contributed by atoms with Crippen LogP contribution in [0.4, 0.5) is 10.8 Å². The average Bonchev–Trinajstić information content (AvgIpc) is 2.87. The molecule has 0 aliphatic heterocycles. The van der Waals surface area contributed by atoms with E-state index in [-0.39, 0.29) is 0 Å². The molecule has 1 aromatic carbocycles. The maximum absolute atomic E-state index is 4.49. The Morgan fingerprint density at radius 3 is 2.56 bits per heavy atom. The molecule has 1 heterocycles. The van der Waals surface area contributed by atoms with Gasteiger partial charge in [0, 0.05) is 29.9 Å². The van der Waals surface area contributed by atoms with Crippen molar-refractivity contribution < 1.29 is 0 Å². The molecule has 2 rings (SSSR count). The highest BCUT2D eigenvalue weighted by atomic mass is 32.1. The minimum atomic E-state index is 0.350. The predicted molar refractivity (Wildman–Crippen MR) is 78.8 cm³/mol. The molecule has 1 aromatic heterocycles. The van der Waals surface area contributed by atoms with Gasteiger partial charge in [0.15, 0.2) is 5.13 Å². The number of aryl methyl sites for hydroxylation is 1. The number of nitrogens with one attached hydrogen (secondary N) is 1. The number of rotatable bonds is 4. The Balaban J connectivity index is 2.20. The summed E-state index contributed by atoms with van der Waals surface area (Å²) in [6, 6.07) is 8.84. The van der Waals surface area contributed by atoms with Crippen molar-refractivity contribution in [3.05, 3.63) is 40.9 Å². The molecule has 96 valence electrons. The maximum atomic E-state index is 4.49. The monoisotopic (exact) mass is 261 g/mol. The van der Waals surface area contributed by atoms with Crippen molar-refractivity contribution in [1.29, 1.82) is 0 Å². The quantitative estimate of drug-likeness (QED) is 0.913. The van der Waals surface area contributed by atoms with E-state index in [1.54, 1.807) is 11.3 Å². The summed E-state index contributed by atoms with van der Waals surface area (Å²) in [7, 11) is 4.02. The van der Waals surface area contributed by atoms with Crippen molar-refractivity contribution in [1.82, 2.24) is 10.3 Å². The van der Waals surface area contributed by atoms with Gasteiger partial charge in [-0.1, -0.05) is 29.0 Å². The fraction of sp³-hybridized carbons (Fsp3) is 0.357. The predicted octanol–water partition coefficient (Wildman–Crippen LogP) is 3.50. The summed E-state index contributed by atoms with van der Waals surface area (Å²) in [6.45, 7) is 4.24. The molecular weight excluding hydrogens is 242 g/mol. The molecule has 0 spiro atoms. The van der Waals surface area contributed by atoms with Crippen LogP contribution in [0.2, 0.25) is 0 Å². The molecule has 0 fully saturated rings. The van der Waals surface area contributed by atoms with Crippen molar-refractivity contribution in [3.8, 4) is 0 Å². The van der Waals surface area contributed by atoms with E-state index in [0.29, 0.717) is 6.04 Å². The number of hydrogen-bond donors (Lipinski definition) is 1. The van der Waals surface area contributed by atoms with E-state index in [2.05, 4.69) is 60.4 Å². The Kier molecular flexibility index (Phi) is 3.99. The number of hydrogen-bond acceptors (Lipinski definition) is 4. The fourth-order valence-electron chi connectivity index (χ4n) is 1.65. The first-order valence-corrected chi connectivity index (χ1v) is 6.87. The lowest BCUT2D eigenvalue weighted by atomic mass is 10.2. The highest BCUT2D eigenvalue weighted by Gasteiger charge is 2.11. The van der Waals surface area contributed by atoms with E-state index >= 15 is 0 Å². The molecule has 18 heavy (non-hydrogen) atoms. The van der Waals surface area contributed by atoms with Gasteiger partial charge in [-0.15, -0.1) is 0 Å². The van der Waals surface area contributed by atoms with Gasteiger partial charge >= 0.3 is 0 Å². The van der Waals surface area contributed by atoms with E-state index in [4.69, 9.17) is 0 Å². The number of aromatic nitrogens is 1. The highest BCUT2D eigenvalue weighted by Crippen LogP contribution is 2.30. The van der Waals surface area contributed by atoms with Crippen molar-refractivity contribution in [3.63, 3.8) is 0 Å². The summed E-state index contributed by atoms with van der Waals surface area (Å²) in [5, 5.41) is 4.26. The first kappa shape index (κ1) is 13.1. The third-order valence-corrected chi connectivity index (χ3v) is 4.34. The van der Waals surface area contributed by atoms with E-state index < -0.39 is 0 Å². The second kappa shape index (κ2) is 5.50. The van der Waals surface area contributed by atoms with Gasteiger partial charge in [-0.25, -0.2) is 4.98 Å². The van der Waals surface area contributed by atoms with Crippen LogP contribution in [0.15, 0.2) is 30.5 Å². The lowest BCUT2D eigenvalue weighted by Gasteiger charge is -2.16. The zero-order valence-corrected chi connectivity index (χ0v) is 12.1. The zero-order valence-electron chi connectivity index (χ0n) is 11.3. The summed E-state index contributed by atoms with van der Waals surface area (Å²) in [5.41, 5.74) is 2.44. The second-order valence-electron chi connectivity index (χ2n) is 4.45. The SMILES string of the molecule is CNC(C)c1cnc(N(C)c2ccc(C)cc2)s1. The topological polar surface area (TPSA) is 28.2 Å². The van der Waals surface area contributed by atoms with Crippen LogP contribution < -0.4 is 10.2 Å². The highest BCUT2D eigenvalue weighted by molar-refractivity contribution is 7.15. The van der Waals surface area contributed by atoms with Crippen LogP contribution in [0.3, 0.4) is 0 Å². The van der Waals surface area contributed by atoms with Crippen molar-refractivity contribution >= 4 is 22.2 Å². The Hall–Kier alpha value is -1.39. The Bertz CT molecular complexity index is 504. The van der Waals surface area contributed by atoms with Crippen LogP contribution in [0, 0.1) is 6.92 Å². The number of thiazole rings is 1. The van der Waals surface area contributed by atoms with Crippen molar-refractivity contribution in [2.75, 3.05) is 19.0 Å². The van der Waals surface area contributed by atoms with Crippen LogP contribution in [0.5, 0.6) is 0 Å². The summed E-state index contributed by atoms with van der Waals surface area (Å²) >= 11 is 1.73. The minimum Gasteiger partial charge on any atom is -0.321 e. The van der Waals surface area contributed by atoms with E-state index in [1.165, 1.54) is 16.1 Å². The molecule has 0 aliphatic carbocycles. The molecule has 0 amide bonds. The number of benzene rings is 1. The van der Waals surface area contributed by atoms with Gasteiger partial charge in [-0.05, 0) is 33.0 Å². The zero-order chi connectivity index (χ0) is 13.1. The van der Waals surface area contributed by atoms with Crippen molar-refractivity contribution in [2.24, 2.45) is 0 Å². The normalized spacial score (nSPS) is 12.4. The molecule has 1 unspecified atom stereocenters. The molecule has 4 heteroatoms. The van der Waals surface area contributed by atoms with Gasteiger partial charge in [0.25, 0.3) is 0 Å². The molecule has 1 N–H and O–H groups in total. The van der Waals surface area contributed by atoms with E-state index in [0.717, 1.165) is 5.13 Å². The Morgan fingerprint density at radius 1 is 1.28 bits per heavy atom. The smallest absolute Gasteiger partial charge is 0.189 e. The van der Waals surface area contributed by atoms with Gasteiger partial charge < -0.3 is 10.2 Å². The standard InChI is InChI=1S/C14H19N3S/c1-10-5-7-12(8-6-10)17(4)14-16-9-13(18-14)11(2)15-3/h5-9,11,15H,1-4H3. The maximum Gasteiger partial charge on any atom is 0.189 e. The molecule has 0 bridgehead atoms. The van der Waals surface area contributed by atoms with Crippen LogP contribution in [0.25, 0.3) is 0 Å². The first-order valence-electron chi connectivity index (χ1n) is 6.05. The fourth-order valence-corrected chi connectivity index (χ4v) is 2.61. The third-order valence-electron chi connectivity index (χ3n) is 3.08. The van der Waals surface area contributed by atoms with Crippen LogP contribution in [-0.4, -0.2) is 19.1 Å². The van der Waals surface area contributed by atoms with Gasteiger partial charge in [-0.3, -0.25) is 0 Å². The lowest BCUT2D eigenvalue weighted by Crippen LogP contribution is -2.10. The van der Waals surface area contributed by atoms with Crippen molar-refractivity contribution in [2.45, 2.75) is 19.9 Å². The molecule has 3 nitrogen and oxygen atoms in total. The molecule has 2 aromatic rings.